The second-order valence-electron chi connectivity index (χ2n) is 8.20. The predicted molar refractivity (Wildman–Crippen MR) is 144 cm³/mol. The summed E-state index contributed by atoms with van der Waals surface area (Å²) in [6.45, 7) is 1.76. The van der Waals surface area contributed by atoms with Crippen molar-refractivity contribution in [2.45, 2.75) is 14.4 Å². The van der Waals surface area contributed by atoms with Crippen LogP contribution in [-0.4, -0.2) is 45.0 Å². The zero-order valence-corrected chi connectivity index (χ0v) is 19.6. The Labute approximate surface area is 209 Å². The summed E-state index contributed by atoms with van der Waals surface area (Å²) in [6.07, 6.45) is 0. The summed E-state index contributed by atoms with van der Waals surface area (Å²) in [4.78, 5) is 25.5. The number of hydrogen-bond donors (Lipinski definition) is 2. The van der Waals surface area contributed by atoms with Gasteiger partial charge in [-0.15, -0.1) is 5.10 Å². The number of anilines is 4. The lowest BCUT2D eigenvalue weighted by Gasteiger charge is -2.16. The molecule has 0 saturated heterocycles. The molecule has 182 valence electrons. The molecule has 0 saturated carbocycles. The third kappa shape index (κ3) is 5.00. The molecule has 1 amide bonds. The highest BCUT2D eigenvalue weighted by Gasteiger charge is 2.17. The molecule has 0 bridgehead atoms. The molecule has 0 spiro atoms. The molecular weight excluding hydrogens is 452 g/mol. The largest absolute Gasteiger partial charge is 0.362 e. The fourth-order valence-corrected chi connectivity index (χ4v) is 3.68. The Hall–Kier alpha value is -4.79. The van der Waals surface area contributed by atoms with E-state index in [4.69, 9.17) is 0 Å². The summed E-state index contributed by atoms with van der Waals surface area (Å²) in [5.74, 6) is 1.01. The van der Waals surface area contributed by atoms with Crippen LogP contribution in [0.15, 0.2) is 78.9 Å². The number of rotatable bonds is 6. The standard InChI is InChI=1S/C26H24N8O.CH4/c1-17-23(32-34(31-17)20-9-5-4-6-10-20)25(35)27-18-13-15-19(16-14-18)28-26-29-22-12-8-7-11-21(22)24(30-26)33(2)3;/h4-16H,1-3H3,(H,27,35)(H,28,29,30);1H4. The van der Waals surface area contributed by atoms with Crippen molar-refractivity contribution in [1.82, 2.24) is 25.0 Å². The average molecular weight is 481 g/mol. The van der Waals surface area contributed by atoms with Crippen molar-refractivity contribution in [3.63, 3.8) is 0 Å². The SMILES string of the molecule is C.Cc1nn(-c2ccccc2)nc1C(=O)Nc1ccc(Nc2nc(N(C)C)c3ccccc3n2)cc1. The molecule has 9 nitrogen and oxygen atoms in total. The van der Waals surface area contributed by atoms with Gasteiger partial charge >= 0.3 is 0 Å². The second-order valence-corrected chi connectivity index (χ2v) is 8.20. The molecule has 0 aliphatic carbocycles. The quantitative estimate of drug-likeness (QED) is 0.344. The molecule has 0 fully saturated rings. The van der Waals surface area contributed by atoms with Crippen molar-refractivity contribution in [3.05, 3.63) is 90.3 Å². The molecule has 0 unspecified atom stereocenters. The van der Waals surface area contributed by atoms with Gasteiger partial charge in [-0.25, -0.2) is 4.98 Å². The highest BCUT2D eigenvalue weighted by Crippen LogP contribution is 2.25. The van der Waals surface area contributed by atoms with E-state index in [2.05, 4.69) is 30.8 Å². The first kappa shape index (κ1) is 24.3. The number of nitrogens with one attached hydrogen (secondary N) is 2. The van der Waals surface area contributed by atoms with Gasteiger partial charge in [0, 0.05) is 30.9 Å². The molecule has 0 aliphatic heterocycles. The van der Waals surface area contributed by atoms with Crippen molar-refractivity contribution in [1.29, 1.82) is 0 Å². The maximum absolute atomic E-state index is 12.8. The van der Waals surface area contributed by atoms with Crippen molar-refractivity contribution < 1.29 is 4.79 Å². The average Bonchev–Trinajstić information content (AvgIpc) is 3.27. The van der Waals surface area contributed by atoms with Crippen LogP contribution in [-0.2, 0) is 0 Å². The third-order valence-electron chi connectivity index (χ3n) is 5.39. The van der Waals surface area contributed by atoms with Gasteiger partial charge in [0.1, 0.15) is 5.82 Å². The van der Waals surface area contributed by atoms with Gasteiger partial charge in [-0.2, -0.15) is 14.9 Å². The normalized spacial score (nSPS) is 10.5. The number of fused-ring (bicyclic) bond motifs is 1. The van der Waals surface area contributed by atoms with Crippen LogP contribution in [0.4, 0.5) is 23.1 Å². The lowest BCUT2D eigenvalue weighted by molar-refractivity contribution is 0.102. The summed E-state index contributed by atoms with van der Waals surface area (Å²) < 4.78 is 0. The molecule has 0 atom stereocenters. The Morgan fingerprint density at radius 2 is 1.50 bits per heavy atom. The highest BCUT2D eigenvalue weighted by atomic mass is 16.2. The van der Waals surface area contributed by atoms with Gasteiger partial charge in [-0.3, -0.25) is 4.79 Å². The van der Waals surface area contributed by atoms with Gasteiger partial charge < -0.3 is 15.5 Å². The van der Waals surface area contributed by atoms with Gasteiger partial charge in [0.2, 0.25) is 5.95 Å². The van der Waals surface area contributed by atoms with Crippen LogP contribution >= 0.6 is 0 Å². The molecule has 2 aromatic heterocycles. The molecule has 0 radical (unpaired) electrons. The highest BCUT2D eigenvalue weighted by molar-refractivity contribution is 6.03. The summed E-state index contributed by atoms with van der Waals surface area (Å²) in [7, 11) is 3.91. The van der Waals surface area contributed by atoms with Crippen LogP contribution in [0, 0.1) is 6.92 Å². The summed E-state index contributed by atoms with van der Waals surface area (Å²) in [6, 6.07) is 24.7. The van der Waals surface area contributed by atoms with E-state index in [9.17, 15) is 4.79 Å². The number of carbonyl (C=O) groups excluding carboxylic acids is 1. The summed E-state index contributed by atoms with van der Waals surface area (Å²) in [5.41, 5.74) is 3.92. The van der Waals surface area contributed by atoms with Gasteiger partial charge in [-0.1, -0.05) is 37.8 Å². The van der Waals surface area contributed by atoms with Crippen LogP contribution in [0.1, 0.15) is 23.6 Å². The Bertz CT molecular complexity index is 1490. The van der Waals surface area contributed by atoms with Crippen molar-refractivity contribution in [2.24, 2.45) is 0 Å². The van der Waals surface area contributed by atoms with E-state index in [0.717, 1.165) is 28.1 Å². The number of hydrogen-bond acceptors (Lipinski definition) is 7. The number of nitrogens with zero attached hydrogens (tertiary/aromatic N) is 6. The van der Waals surface area contributed by atoms with Gasteiger partial charge in [0.05, 0.1) is 16.9 Å². The number of amides is 1. The number of benzene rings is 3. The van der Waals surface area contributed by atoms with E-state index in [1.165, 1.54) is 4.80 Å². The maximum Gasteiger partial charge on any atom is 0.278 e. The van der Waals surface area contributed by atoms with Crippen LogP contribution in [0.2, 0.25) is 0 Å². The molecule has 2 N–H and O–H groups in total. The Kier molecular flexibility index (Phi) is 6.91. The van der Waals surface area contributed by atoms with Crippen LogP contribution in [0.25, 0.3) is 16.6 Å². The molecule has 36 heavy (non-hydrogen) atoms. The van der Waals surface area contributed by atoms with Gasteiger partial charge in [0.15, 0.2) is 5.69 Å². The van der Waals surface area contributed by atoms with Crippen LogP contribution in [0.5, 0.6) is 0 Å². The zero-order valence-electron chi connectivity index (χ0n) is 19.6. The minimum absolute atomic E-state index is 0. The van der Waals surface area contributed by atoms with E-state index >= 15 is 0 Å². The van der Waals surface area contributed by atoms with E-state index in [1.54, 1.807) is 6.92 Å². The first-order chi connectivity index (χ1) is 17.0. The van der Waals surface area contributed by atoms with E-state index < -0.39 is 0 Å². The second kappa shape index (κ2) is 10.2. The Morgan fingerprint density at radius 3 is 2.22 bits per heavy atom. The number of para-hydroxylation sites is 2. The molecule has 3 aromatic carbocycles. The fourth-order valence-electron chi connectivity index (χ4n) is 3.68. The van der Waals surface area contributed by atoms with Crippen molar-refractivity contribution in [3.8, 4) is 5.69 Å². The fraction of sp³-hybridized carbons (Fsp3) is 0.148. The lowest BCUT2D eigenvalue weighted by atomic mass is 10.2. The number of aryl methyl sites for hydroxylation is 1. The van der Waals surface area contributed by atoms with E-state index in [-0.39, 0.29) is 19.0 Å². The van der Waals surface area contributed by atoms with E-state index in [1.807, 2.05) is 97.9 Å². The topological polar surface area (TPSA) is 101 Å². The number of carbonyl (C=O) groups is 1. The van der Waals surface area contributed by atoms with Crippen LogP contribution < -0.4 is 15.5 Å². The Morgan fingerprint density at radius 1 is 0.833 bits per heavy atom. The minimum atomic E-state index is -0.320. The lowest BCUT2D eigenvalue weighted by Crippen LogP contribution is -2.14. The van der Waals surface area contributed by atoms with Gasteiger partial charge in [-0.05, 0) is 55.5 Å². The van der Waals surface area contributed by atoms with Crippen molar-refractivity contribution in [2.75, 3.05) is 29.6 Å². The molecule has 0 aliphatic rings. The predicted octanol–water partition coefficient (Wildman–Crippen LogP) is 5.22. The monoisotopic (exact) mass is 480 g/mol. The summed E-state index contributed by atoms with van der Waals surface area (Å²) in [5, 5.41) is 15.8. The minimum Gasteiger partial charge on any atom is -0.362 e. The Balaban J connectivity index is 0.00000304. The first-order valence-corrected chi connectivity index (χ1v) is 11.1. The molecule has 2 heterocycles. The van der Waals surface area contributed by atoms with Crippen LogP contribution in [0.3, 0.4) is 0 Å². The molecular formula is C27H28N8O. The smallest absolute Gasteiger partial charge is 0.278 e. The zero-order chi connectivity index (χ0) is 24.4. The molecule has 9 heteroatoms. The maximum atomic E-state index is 12.8. The number of aromatic nitrogens is 5. The molecule has 5 rings (SSSR count). The third-order valence-corrected chi connectivity index (χ3v) is 5.39. The molecule has 5 aromatic rings. The summed E-state index contributed by atoms with van der Waals surface area (Å²) >= 11 is 0. The van der Waals surface area contributed by atoms with Gasteiger partial charge in [0.25, 0.3) is 5.91 Å². The van der Waals surface area contributed by atoms with Crippen molar-refractivity contribution >= 4 is 40.0 Å². The first-order valence-electron chi connectivity index (χ1n) is 11.1. The van der Waals surface area contributed by atoms with E-state index in [0.29, 0.717) is 17.3 Å².